The monoisotopic (exact) mass is 279 g/mol. The minimum Gasteiger partial charge on any atom is -0.497 e. The van der Waals surface area contributed by atoms with Gasteiger partial charge in [-0.05, 0) is 29.8 Å². The van der Waals surface area contributed by atoms with E-state index in [9.17, 15) is 9.59 Å². The van der Waals surface area contributed by atoms with E-state index in [0.29, 0.717) is 6.61 Å². The van der Waals surface area contributed by atoms with Gasteiger partial charge in [-0.1, -0.05) is 0 Å². The molecular weight excluding hydrogens is 262 g/mol. The standard InChI is InChI=1S/C13H17N3O4/c1-19-8-7-14-12(17)13(18)16-15-9-10-3-5-11(20-2)6-4-10/h3-6,9H,7-8H2,1-2H3,(H,14,17)(H,16,18)/b15-9-. The number of carbonyl (C=O) groups is 2. The number of carbonyl (C=O) groups excluding carboxylic acids is 2. The minimum atomic E-state index is -0.828. The number of benzene rings is 1. The molecule has 0 atom stereocenters. The van der Waals surface area contributed by atoms with Gasteiger partial charge in [0.1, 0.15) is 5.75 Å². The van der Waals surface area contributed by atoms with E-state index >= 15 is 0 Å². The molecule has 1 aromatic rings. The van der Waals surface area contributed by atoms with Crippen LogP contribution in [0.15, 0.2) is 29.4 Å². The quantitative estimate of drug-likeness (QED) is 0.329. The first-order valence-electron chi connectivity index (χ1n) is 5.91. The lowest BCUT2D eigenvalue weighted by molar-refractivity contribution is -0.139. The van der Waals surface area contributed by atoms with Crippen molar-refractivity contribution in [3.63, 3.8) is 0 Å². The van der Waals surface area contributed by atoms with Crippen molar-refractivity contribution in [1.29, 1.82) is 0 Å². The third kappa shape index (κ3) is 5.49. The lowest BCUT2D eigenvalue weighted by atomic mass is 10.2. The summed E-state index contributed by atoms with van der Waals surface area (Å²) in [6.07, 6.45) is 1.43. The Labute approximate surface area is 117 Å². The van der Waals surface area contributed by atoms with E-state index in [4.69, 9.17) is 9.47 Å². The molecule has 0 aromatic heterocycles. The van der Waals surface area contributed by atoms with E-state index in [1.54, 1.807) is 31.4 Å². The number of amides is 2. The molecular formula is C13H17N3O4. The number of methoxy groups -OCH3 is 2. The Kier molecular flexibility index (Phi) is 6.77. The van der Waals surface area contributed by atoms with Crippen molar-refractivity contribution in [3.8, 4) is 5.75 Å². The average Bonchev–Trinajstić information content (AvgIpc) is 2.48. The zero-order chi connectivity index (χ0) is 14.8. The van der Waals surface area contributed by atoms with Crippen LogP contribution in [0.1, 0.15) is 5.56 Å². The number of nitrogens with one attached hydrogen (secondary N) is 2. The van der Waals surface area contributed by atoms with Gasteiger partial charge in [-0.15, -0.1) is 0 Å². The van der Waals surface area contributed by atoms with Gasteiger partial charge in [0.15, 0.2) is 0 Å². The lowest BCUT2D eigenvalue weighted by Crippen LogP contribution is -2.39. The van der Waals surface area contributed by atoms with Crippen LogP contribution in [0.3, 0.4) is 0 Å². The fourth-order valence-corrected chi connectivity index (χ4v) is 1.25. The highest BCUT2D eigenvalue weighted by Gasteiger charge is 2.10. The highest BCUT2D eigenvalue weighted by molar-refractivity contribution is 6.35. The molecule has 20 heavy (non-hydrogen) atoms. The molecule has 0 unspecified atom stereocenters. The van der Waals surface area contributed by atoms with Crippen molar-refractivity contribution in [2.24, 2.45) is 5.10 Å². The molecule has 1 aromatic carbocycles. The molecule has 0 aliphatic heterocycles. The number of hydrogen-bond donors (Lipinski definition) is 2. The van der Waals surface area contributed by atoms with Crippen LogP contribution >= 0.6 is 0 Å². The summed E-state index contributed by atoms with van der Waals surface area (Å²) in [5, 5.41) is 6.07. The van der Waals surface area contributed by atoms with Crippen molar-refractivity contribution in [2.75, 3.05) is 27.4 Å². The highest BCUT2D eigenvalue weighted by Crippen LogP contribution is 2.09. The van der Waals surface area contributed by atoms with E-state index in [2.05, 4.69) is 15.8 Å². The Morgan fingerprint density at radius 3 is 2.50 bits per heavy atom. The number of hydrazone groups is 1. The maximum Gasteiger partial charge on any atom is 0.329 e. The van der Waals surface area contributed by atoms with Gasteiger partial charge in [0.2, 0.25) is 0 Å². The molecule has 0 saturated carbocycles. The summed E-state index contributed by atoms with van der Waals surface area (Å²) < 4.78 is 9.76. The lowest BCUT2D eigenvalue weighted by Gasteiger charge is -2.02. The third-order valence-electron chi connectivity index (χ3n) is 2.29. The molecule has 0 aliphatic carbocycles. The second-order valence-electron chi connectivity index (χ2n) is 3.72. The Morgan fingerprint density at radius 2 is 1.90 bits per heavy atom. The Hall–Kier alpha value is -2.41. The molecule has 0 fully saturated rings. The predicted octanol–water partition coefficient (Wildman–Crippen LogP) is -0.0921. The highest BCUT2D eigenvalue weighted by atomic mass is 16.5. The fraction of sp³-hybridized carbons (Fsp3) is 0.308. The Morgan fingerprint density at radius 1 is 1.20 bits per heavy atom. The second-order valence-corrected chi connectivity index (χ2v) is 3.72. The molecule has 0 saturated heterocycles. The summed E-state index contributed by atoms with van der Waals surface area (Å²) in [5.74, 6) is -0.858. The zero-order valence-electron chi connectivity index (χ0n) is 11.4. The van der Waals surface area contributed by atoms with Gasteiger partial charge in [0, 0.05) is 13.7 Å². The smallest absolute Gasteiger partial charge is 0.329 e. The van der Waals surface area contributed by atoms with Gasteiger partial charge in [0.25, 0.3) is 0 Å². The summed E-state index contributed by atoms with van der Waals surface area (Å²) in [4.78, 5) is 22.6. The van der Waals surface area contributed by atoms with Crippen molar-refractivity contribution >= 4 is 18.0 Å². The normalized spacial score (nSPS) is 10.3. The van der Waals surface area contributed by atoms with E-state index < -0.39 is 11.8 Å². The minimum absolute atomic E-state index is 0.269. The first kappa shape index (κ1) is 15.6. The van der Waals surface area contributed by atoms with Crippen molar-refractivity contribution in [2.45, 2.75) is 0 Å². The van der Waals surface area contributed by atoms with Crippen LogP contribution in [-0.4, -0.2) is 45.4 Å². The largest absolute Gasteiger partial charge is 0.497 e. The van der Waals surface area contributed by atoms with Gasteiger partial charge >= 0.3 is 11.8 Å². The van der Waals surface area contributed by atoms with Crippen LogP contribution in [0, 0.1) is 0 Å². The molecule has 0 bridgehead atoms. The molecule has 0 radical (unpaired) electrons. The van der Waals surface area contributed by atoms with Gasteiger partial charge in [-0.25, -0.2) is 5.43 Å². The van der Waals surface area contributed by atoms with Gasteiger partial charge in [0.05, 0.1) is 19.9 Å². The van der Waals surface area contributed by atoms with Crippen molar-refractivity contribution in [3.05, 3.63) is 29.8 Å². The van der Waals surface area contributed by atoms with Crippen LogP contribution in [-0.2, 0) is 14.3 Å². The fourth-order valence-electron chi connectivity index (χ4n) is 1.25. The van der Waals surface area contributed by atoms with Crippen molar-refractivity contribution < 1.29 is 19.1 Å². The number of ether oxygens (including phenoxy) is 2. The summed E-state index contributed by atoms with van der Waals surface area (Å²) in [6.45, 7) is 0.610. The SMILES string of the molecule is COCCNC(=O)C(=O)N/N=C\c1ccc(OC)cc1. The Balaban J connectivity index is 2.39. The maximum absolute atomic E-state index is 11.3. The number of rotatable bonds is 6. The van der Waals surface area contributed by atoms with E-state index in [1.165, 1.54) is 13.3 Å². The zero-order valence-corrected chi connectivity index (χ0v) is 11.4. The van der Waals surface area contributed by atoms with Gasteiger partial charge in [-0.3, -0.25) is 9.59 Å². The van der Waals surface area contributed by atoms with Crippen LogP contribution in [0.25, 0.3) is 0 Å². The van der Waals surface area contributed by atoms with Crippen molar-refractivity contribution in [1.82, 2.24) is 10.7 Å². The first-order valence-corrected chi connectivity index (χ1v) is 5.91. The second kappa shape index (κ2) is 8.65. The summed E-state index contributed by atoms with van der Waals surface area (Å²) in [6, 6.07) is 7.07. The molecule has 108 valence electrons. The van der Waals surface area contributed by atoms with Crippen LogP contribution in [0.4, 0.5) is 0 Å². The summed E-state index contributed by atoms with van der Waals surface area (Å²) >= 11 is 0. The third-order valence-corrected chi connectivity index (χ3v) is 2.29. The molecule has 7 heteroatoms. The van der Waals surface area contributed by atoms with Crippen LogP contribution in [0.5, 0.6) is 5.75 Å². The molecule has 2 N–H and O–H groups in total. The predicted molar refractivity (Wildman–Crippen MR) is 73.6 cm³/mol. The molecule has 7 nitrogen and oxygen atoms in total. The summed E-state index contributed by atoms with van der Waals surface area (Å²) in [5.41, 5.74) is 2.90. The molecule has 1 rings (SSSR count). The Bertz CT molecular complexity index is 471. The molecule has 0 spiro atoms. The number of nitrogens with zero attached hydrogens (tertiary/aromatic N) is 1. The van der Waals surface area contributed by atoms with E-state index in [-0.39, 0.29) is 6.54 Å². The van der Waals surface area contributed by atoms with Gasteiger partial charge in [-0.2, -0.15) is 5.10 Å². The maximum atomic E-state index is 11.3. The first-order chi connectivity index (χ1) is 9.67. The van der Waals surface area contributed by atoms with Crippen LogP contribution < -0.4 is 15.5 Å². The summed E-state index contributed by atoms with van der Waals surface area (Å²) in [7, 11) is 3.08. The van der Waals surface area contributed by atoms with E-state index in [1.807, 2.05) is 0 Å². The molecule has 0 aliphatic rings. The van der Waals surface area contributed by atoms with Gasteiger partial charge < -0.3 is 14.8 Å². The number of hydrogen-bond acceptors (Lipinski definition) is 5. The molecule has 0 heterocycles. The average molecular weight is 279 g/mol. The van der Waals surface area contributed by atoms with E-state index in [0.717, 1.165) is 11.3 Å². The van der Waals surface area contributed by atoms with Crippen LogP contribution in [0.2, 0.25) is 0 Å². The topological polar surface area (TPSA) is 89.0 Å². The molecule has 2 amide bonds.